The van der Waals surface area contributed by atoms with E-state index in [1.165, 1.54) is 18.2 Å². The Labute approximate surface area is 147 Å². The van der Waals surface area contributed by atoms with E-state index in [0.29, 0.717) is 0 Å². The van der Waals surface area contributed by atoms with E-state index >= 15 is 0 Å². The average molecular weight is 375 g/mol. The molecule has 0 bridgehead atoms. The van der Waals surface area contributed by atoms with Gasteiger partial charge in [0.2, 0.25) is 0 Å². The first kappa shape index (κ1) is 17.7. The fourth-order valence-corrected chi connectivity index (χ4v) is 3.00. The Kier molecular flexibility index (Phi) is 7.34. The molecule has 23 heavy (non-hydrogen) atoms. The lowest BCUT2D eigenvalue weighted by molar-refractivity contribution is -0.145. The summed E-state index contributed by atoms with van der Waals surface area (Å²) in [6, 6.07) is 18.7. The number of ether oxygens (including phenoxy) is 1. The smallest absolute Gasteiger partial charge is 0.308 e. The standard InChI is InChI=1S/C20H23BrO2/c1-23-20(22)18(9-5-8-16-6-3-2-4-7-16)13-10-17-11-14-19(21)15-12-17/h2-4,6-7,11-12,14-15,18H,5,8-10,13H2,1H3. The Balaban J connectivity index is 1.84. The number of benzene rings is 2. The number of halogens is 1. The highest BCUT2D eigenvalue weighted by atomic mass is 79.9. The van der Waals surface area contributed by atoms with Crippen LogP contribution in [0.5, 0.6) is 0 Å². The Hall–Kier alpha value is -1.61. The van der Waals surface area contributed by atoms with Crippen LogP contribution in [0.15, 0.2) is 59.1 Å². The maximum absolute atomic E-state index is 12.0. The number of rotatable bonds is 8. The van der Waals surface area contributed by atoms with Gasteiger partial charge in [0.1, 0.15) is 0 Å². The SMILES string of the molecule is COC(=O)C(CCCc1ccccc1)CCc1ccc(Br)cc1. The van der Waals surface area contributed by atoms with Crippen molar-refractivity contribution in [2.45, 2.75) is 32.1 Å². The summed E-state index contributed by atoms with van der Waals surface area (Å²) in [7, 11) is 1.48. The average Bonchev–Trinajstić information content (AvgIpc) is 2.59. The highest BCUT2D eigenvalue weighted by Gasteiger charge is 2.18. The zero-order valence-corrected chi connectivity index (χ0v) is 15.1. The minimum absolute atomic E-state index is 0.0210. The molecule has 0 spiro atoms. The van der Waals surface area contributed by atoms with Gasteiger partial charge in [0, 0.05) is 4.47 Å². The zero-order chi connectivity index (χ0) is 16.5. The molecule has 0 amide bonds. The summed E-state index contributed by atoms with van der Waals surface area (Å²) in [6.07, 6.45) is 4.62. The van der Waals surface area contributed by atoms with Crippen molar-refractivity contribution in [2.24, 2.45) is 5.92 Å². The number of esters is 1. The summed E-state index contributed by atoms with van der Waals surface area (Å²) in [6.45, 7) is 0. The van der Waals surface area contributed by atoms with Gasteiger partial charge in [0.15, 0.2) is 0 Å². The monoisotopic (exact) mass is 374 g/mol. The topological polar surface area (TPSA) is 26.3 Å². The van der Waals surface area contributed by atoms with Crippen molar-refractivity contribution in [2.75, 3.05) is 7.11 Å². The van der Waals surface area contributed by atoms with Gasteiger partial charge in [-0.15, -0.1) is 0 Å². The molecule has 2 aromatic carbocycles. The third-order valence-corrected chi connectivity index (χ3v) is 4.62. The Morgan fingerprint density at radius 2 is 1.61 bits per heavy atom. The van der Waals surface area contributed by atoms with Gasteiger partial charge in [-0.3, -0.25) is 4.79 Å². The largest absolute Gasteiger partial charge is 0.469 e. The lowest BCUT2D eigenvalue weighted by atomic mass is 9.93. The van der Waals surface area contributed by atoms with Crippen LogP contribution in [0, 0.1) is 5.92 Å². The first-order valence-corrected chi connectivity index (χ1v) is 8.84. The van der Waals surface area contributed by atoms with Crippen LogP contribution >= 0.6 is 15.9 Å². The number of aryl methyl sites for hydroxylation is 2. The van der Waals surface area contributed by atoms with Crippen LogP contribution in [-0.4, -0.2) is 13.1 Å². The van der Waals surface area contributed by atoms with Gasteiger partial charge in [0.25, 0.3) is 0 Å². The lowest BCUT2D eigenvalue weighted by Gasteiger charge is -2.14. The van der Waals surface area contributed by atoms with E-state index in [1.54, 1.807) is 0 Å². The van der Waals surface area contributed by atoms with Crippen LogP contribution in [-0.2, 0) is 22.4 Å². The third kappa shape index (κ3) is 6.19. The van der Waals surface area contributed by atoms with Crippen LogP contribution in [0.1, 0.15) is 30.4 Å². The molecule has 0 radical (unpaired) electrons. The van der Waals surface area contributed by atoms with Crippen molar-refractivity contribution in [1.29, 1.82) is 0 Å². The molecule has 3 heteroatoms. The van der Waals surface area contributed by atoms with Crippen molar-refractivity contribution >= 4 is 21.9 Å². The third-order valence-electron chi connectivity index (χ3n) is 4.09. The predicted octanol–water partition coefficient (Wildman–Crippen LogP) is 5.19. The zero-order valence-electron chi connectivity index (χ0n) is 13.5. The quantitative estimate of drug-likeness (QED) is 0.594. The van der Waals surface area contributed by atoms with Gasteiger partial charge in [-0.25, -0.2) is 0 Å². The van der Waals surface area contributed by atoms with E-state index in [9.17, 15) is 4.79 Å². The van der Waals surface area contributed by atoms with Gasteiger partial charge < -0.3 is 4.74 Å². The van der Waals surface area contributed by atoms with Gasteiger partial charge >= 0.3 is 5.97 Å². The van der Waals surface area contributed by atoms with Crippen molar-refractivity contribution in [1.82, 2.24) is 0 Å². The van der Waals surface area contributed by atoms with E-state index in [2.05, 4.69) is 52.3 Å². The maximum atomic E-state index is 12.0. The van der Waals surface area contributed by atoms with Gasteiger partial charge in [-0.05, 0) is 55.4 Å². The molecule has 0 aliphatic heterocycles. The molecule has 2 rings (SSSR count). The molecule has 2 aromatic rings. The number of methoxy groups -OCH3 is 1. The summed E-state index contributed by atoms with van der Waals surface area (Å²) in [4.78, 5) is 12.0. The van der Waals surface area contributed by atoms with Gasteiger partial charge in [0.05, 0.1) is 13.0 Å². The Morgan fingerprint density at radius 3 is 2.26 bits per heavy atom. The number of carbonyl (C=O) groups is 1. The van der Waals surface area contributed by atoms with E-state index in [-0.39, 0.29) is 11.9 Å². The second kappa shape index (κ2) is 9.51. The number of hydrogen-bond donors (Lipinski definition) is 0. The summed E-state index contributed by atoms with van der Waals surface area (Å²) < 4.78 is 6.05. The summed E-state index contributed by atoms with van der Waals surface area (Å²) in [5.41, 5.74) is 2.58. The Morgan fingerprint density at radius 1 is 0.957 bits per heavy atom. The molecule has 122 valence electrons. The summed E-state index contributed by atoms with van der Waals surface area (Å²) in [5, 5.41) is 0. The second-order valence-electron chi connectivity index (χ2n) is 5.76. The fourth-order valence-electron chi connectivity index (χ4n) is 2.74. The fraction of sp³-hybridized carbons (Fsp3) is 0.350. The summed E-state index contributed by atoms with van der Waals surface area (Å²) >= 11 is 3.44. The molecule has 1 atom stereocenters. The molecular weight excluding hydrogens is 352 g/mol. The minimum Gasteiger partial charge on any atom is -0.469 e. The van der Waals surface area contributed by atoms with E-state index in [0.717, 1.165) is 36.6 Å². The van der Waals surface area contributed by atoms with Crippen LogP contribution in [0.4, 0.5) is 0 Å². The van der Waals surface area contributed by atoms with Crippen molar-refractivity contribution < 1.29 is 9.53 Å². The predicted molar refractivity (Wildman–Crippen MR) is 97.3 cm³/mol. The molecule has 0 aliphatic carbocycles. The molecular formula is C20H23BrO2. The molecule has 1 unspecified atom stereocenters. The molecule has 0 aromatic heterocycles. The van der Waals surface area contributed by atoms with E-state index in [1.807, 2.05) is 18.2 Å². The van der Waals surface area contributed by atoms with E-state index < -0.39 is 0 Å². The molecule has 0 N–H and O–H groups in total. The Bertz CT molecular complexity index is 593. The van der Waals surface area contributed by atoms with Gasteiger partial charge in [-0.2, -0.15) is 0 Å². The van der Waals surface area contributed by atoms with Crippen molar-refractivity contribution in [3.63, 3.8) is 0 Å². The molecule has 2 nitrogen and oxygen atoms in total. The summed E-state index contributed by atoms with van der Waals surface area (Å²) in [5.74, 6) is -0.109. The molecule has 0 fully saturated rings. The lowest BCUT2D eigenvalue weighted by Crippen LogP contribution is -2.17. The van der Waals surface area contributed by atoms with Crippen LogP contribution in [0.25, 0.3) is 0 Å². The molecule has 0 saturated carbocycles. The first-order chi connectivity index (χ1) is 11.2. The van der Waals surface area contributed by atoms with Crippen LogP contribution in [0.2, 0.25) is 0 Å². The van der Waals surface area contributed by atoms with E-state index in [4.69, 9.17) is 4.74 Å². The highest BCUT2D eigenvalue weighted by molar-refractivity contribution is 9.10. The maximum Gasteiger partial charge on any atom is 0.308 e. The first-order valence-electron chi connectivity index (χ1n) is 8.05. The van der Waals surface area contributed by atoms with Crippen LogP contribution in [0.3, 0.4) is 0 Å². The number of carbonyl (C=O) groups excluding carboxylic acids is 1. The van der Waals surface area contributed by atoms with Gasteiger partial charge in [-0.1, -0.05) is 58.4 Å². The second-order valence-corrected chi connectivity index (χ2v) is 6.68. The normalized spacial score (nSPS) is 11.9. The molecule has 0 heterocycles. The molecule has 0 saturated heterocycles. The number of hydrogen-bond acceptors (Lipinski definition) is 2. The minimum atomic E-state index is -0.0878. The van der Waals surface area contributed by atoms with Crippen LogP contribution < -0.4 is 0 Å². The van der Waals surface area contributed by atoms with Crippen molar-refractivity contribution in [3.05, 3.63) is 70.2 Å². The van der Waals surface area contributed by atoms with Crippen molar-refractivity contribution in [3.8, 4) is 0 Å². The molecule has 0 aliphatic rings. The highest BCUT2D eigenvalue weighted by Crippen LogP contribution is 2.19.